The molecule has 4 nitrogen and oxygen atoms in total. The summed E-state index contributed by atoms with van der Waals surface area (Å²) in [4.78, 5) is 2.61. The van der Waals surface area contributed by atoms with Crippen LogP contribution in [0.4, 0.5) is 0 Å². The number of nitrogens with one attached hydrogen (secondary N) is 1. The van der Waals surface area contributed by atoms with Gasteiger partial charge in [0.25, 0.3) is 0 Å². The zero-order valence-corrected chi connectivity index (χ0v) is 15.5. The highest BCUT2D eigenvalue weighted by atomic mass is 16.5. The van der Waals surface area contributed by atoms with E-state index in [1.54, 1.807) is 0 Å². The normalized spacial score (nSPS) is 40.2. The van der Waals surface area contributed by atoms with Gasteiger partial charge in [0.2, 0.25) is 0 Å². The van der Waals surface area contributed by atoms with Crippen molar-refractivity contribution in [2.24, 2.45) is 11.8 Å². The Bertz CT molecular complexity index is 362. The molecular weight excluding hydrogens is 288 g/mol. The van der Waals surface area contributed by atoms with Gasteiger partial charge in [-0.15, -0.1) is 0 Å². The van der Waals surface area contributed by atoms with Gasteiger partial charge in [0, 0.05) is 31.3 Å². The van der Waals surface area contributed by atoms with Crippen LogP contribution >= 0.6 is 0 Å². The highest BCUT2D eigenvalue weighted by molar-refractivity contribution is 4.95. The maximum Gasteiger partial charge on any atom is 0.0743 e. The van der Waals surface area contributed by atoms with Gasteiger partial charge in [-0.3, -0.25) is 4.90 Å². The molecule has 0 aliphatic carbocycles. The van der Waals surface area contributed by atoms with Crippen molar-refractivity contribution < 1.29 is 9.47 Å². The molecule has 5 atom stereocenters. The lowest BCUT2D eigenvalue weighted by Crippen LogP contribution is -2.47. The Morgan fingerprint density at radius 3 is 2.57 bits per heavy atom. The third-order valence-electron chi connectivity index (χ3n) is 6.09. The van der Waals surface area contributed by atoms with Gasteiger partial charge < -0.3 is 14.8 Å². The molecule has 0 aromatic rings. The van der Waals surface area contributed by atoms with Crippen molar-refractivity contribution in [1.82, 2.24) is 10.2 Å². The Labute approximate surface area is 142 Å². The Morgan fingerprint density at radius 1 is 1.04 bits per heavy atom. The second kappa shape index (κ2) is 7.81. The molecule has 4 heteroatoms. The number of morpholine rings is 1. The standard InChI is InChI=1S/C10H19NO.C9H17NO/c1-8(2)10-6-11-5-3-4-9(11)7-12-10;1-6(2)8-5-9-7(10-8)3-4-11-9/h8-10H,3-7H2,1-2H3;6-10H,3-5H2,1-2H3. The van der Waals surface area contributed by atoms with Crippen LogP contribution in [-0.4, -0.2) is 61.5 Å². The molecule has 0 aromatic carbocycles. The van der Waals surface area contributed by atoms with Crippen LogP contribution in [0.15, 0.2) is 0 Å². The minimum absolute atomic E-state index is 0.486. The van der Waals surface area contributed by atoms with Crippen LogP contribution in [-0.2, 0) is 9.47 Å². The quantitative estimate of drug-likeness (QED) is 0.847. The second-order valence-corrected chi connectivity index (χ2v) is 8.46. The van der Waals surface area contributed by atoms with Crippen LogP contribution in [0.25, 0.3) is 0 Å². The lowest BCUT2D eigenvalue weighted by atomic mass is 10.0. The number of fused-ring (bicyclic) bond motifs is 2. The Morgan fingerprint density at radius 2 is 1.87 bits per heavy atom. The monoisotopic (exact) mass is 324 g/mol. The largest absolute Gasteiger partial charge is 0.376 e. The van der Waals surface area contributed by atoms with E-state index in [1.165, 1.54) is 38.8 Å². The predicted molar refractivity (Wildman–Crippen MR) is 93.7 cm³/mol. The summed E-state index contributed by atoms with van der Waals surface area (Å²) in [6, 6.07) is 2.12. The zero-order chi connectivity index (χ0) is 16.4. The molecule has 4 aliphatic rings. The summed E-state index contributed by atoms with van der Waals surface area (Å²) in [5.74, 6) is 1.43. The van der Waals surface area contributed by atoms with E-state index in [0.29, 0.717) is 30.2 Å². The number of ether oxygens (including phenoxy) is 2. The van der Waals surface area contributed by atoms with Crippen LogP contribution in [0.1, 0.15) is 53.4 Å². The fraction of sp³-hybridized carbons (Fsp3) is 1.00. The SMILES string of the molecule is CC(C)C1CC2OCCC2N1.CC(C)C1CN2CCCC2CO1. The van der Waals surface area contributed by atoms with E-state index >= 15 is 0 Å². The zero-order valence-electron chi connectivity index (χ0n) is 15.5. The number of nitrogens with zero attached hydrogens (tertiary/aromatic N) is 1. The number of rotatable bonds is 2. The van der Waals surface area contributed by atoms with Crippen LogP contribution < -0.4 is 5.32 Å². The van der Waals surface area contributed by atoms with E-state index in [1.807, 2.05) is 0 Å². The Kier molecular flexibility index (Phi) is 6.00. The first kappa shape index (κ1) is 17.7. The highest BCUT2D eigenvalue weighted by Crippen LogP contribution is 2.28. The molecule has 134 valence electrons. The van der Waals surface area contributed by atoms with Gasteiger partial charge >= 0.3 is 0 Å². The molecule has 4 rings (SSSR count). The topological polar surface area (TPSA) is 33.7 Å². The molecule has 1 N–H and O–H groups in total. The third kappa shape index (κ3) is 4.28. The number of hydrogen-bond donors (Lipinski definition) is 1. The van der Waals surface area contributed by atoms with E-state index in [-0.39, 0.29) is 0 Å². The molecular formula is C19H36N2O2. The van der Waals surface area contributed by atoms with Gasteiger partial charge in [0.1, 0.15) is 0 Å². The molecule has 4 fully saturated rings. The van der Waals surface area contributed by atoms with Crippen LogP contribution in [0.3, 0.4) is 0 Å². The van der Waals surface area contributed by atoms with E-state index in [4.69, 9.17) is 9.47 Å². The molecule has 0 saturated carbocycles. The molecule has 0 aromatic heterocycles. The molecule has 0 spiro atoms. The fourth-order valence-corrected chi connectivity index (χ4v) is 4.38. The number of hydrogen-bond acceptors (Lipinski definition) is 4. The van der Waals surface area contributed by atoms with Gasteiger partial charge in [-0.25, -0.2) is 0 Å². The molecule has 4 aliphatic heterocycles. The Balaban J connectivity index is 0.000000136. The molecule has 23 heavy (non-hydrogen) atoms. The first-order valence-corrected chi connectivity index (χ1v) is 9.78. The van der Waals surface area contributed by atoms with Crippen LogP contribution in [0, 0.1) is 11.8 Å². The smallest absolute Gasteiger partial charge is 0.0743 e. The predicted octanol–water partition coefficient (Wildman–Crippen LogP) is 2.67. The van der Waals surface area contributed by atoms with E-state index in [2.05, 4.69) is 37.9 Å². The van der Waals surface area contributed by atoms with Crippen molar-refractivity contribution in [1.29, 1.82) is 0 Å². The van der Waals surface area contributed by atoms with Crippen molar-refractivity contribution in [3.8, 4) is 0 Å². The minimum Gasteiger partial charge on any atom is -0.376 e. The molecule has 0 radical (unpaired) electrons. The van der Waals surface area contributed by atoms with Gasteiger partial charge in [-0.1, -0.05) is 27.7 Å². The highest BCUT2D eigenvalue weighted by Gasteiger charge is 2.38. The summed E-state index contributed by atoms with van der Waals surface area (Å²) >= 11 is 0. The first-order chi connectivity index (χ1) is 11.0. The summed E-state index contributed by atoms with van der Waals surface area (Å²) < 4.78 is 11.4. The Hall–Kier alpha value is -0.160. The van der Waals surface area contributed by atoms with Gasteiger partial charge in [0.15, 0.2) is 0 Å². The van der Waals surface area contributed by atoms with Crippen molar-refractivity contribution in [3.05, 3.63) is 0 Å². The van der Waals surface area contributed by atoms with Crippen molar-refractivity contribution in [2.75, 3.05) is 26.3 Å². The van der Waals surface area contributed by atoms with E-state index in [9.17, 15) is 0 Å². The summed E-state index contributed by atoms with van der Waals surface area (Å²) in [6.07, 6.45) is 6.18. The minimum atomic E-state index is 0.486. The summed E-state index contributed by atoms with van der Waals surface area (Å²) in [7, 11) is 0. The average molecular weight is 325 g/mol. The average Bonchev–Trinajstić information content (AvgIpc) is 3.22. The summed E-state index contributed by atoms with van der Waals surface area (Å²) in [5.41, 5.74) is 0. The molecule has 0 amide bonds. The molecule has 4 heterocycles. The van der Waals surface area contributed by atoms with E-state index in [0.717, 1.165) is 25.2 Å². The van der Waals surface area contributed by atoms with Gasteiger partial charge in [-0.2, -0.15) is 0 Å². The third-order valence-corrected chi connectivity index (χ3v) is 6.09. The maximum absolute atomic E-state index is 5.81. The lowest BCUT2D eigenvalue weighted by molar-refractivity contribution is -0.0683. The van der Waals surface area contributed by atoms with Crippen molar-refractivity contribution >= 4 is 0 Å². The van der Waals surface area contributed by atoms with Crippen molar-refractivity contribution in [2.45, 2.75) is 83.7 Å². The van der Waals surface area contributed by atoms with Crippen LogP contribution in [0.2, 0.25) is 0 Å². The van der Waals surface area contributed by atoms with Gasteiger partial charge in [0.05, 0.1) is 18.8 Å². The van der Waals surface area contributed by atoms with Gasteiger partial charge in [-0.05, 0) is 44.1 Å². The summed E-state index contributed by atoms with van der Waals surface area (Å²) in [5, 5.41) is 3.63. The second-order valence-electron chi connectivity index (χ2n) is 8.46. The summed E-state index contributed by atoms with van der Waals surface area (Å²) in [6.45, 7) is 13.5. The van der Waals surface area contributed by atoms with E-state index < -0.39 is 0 Å². The lowest BCUT2D eigenvalue weighted by Gasteiger charge is -2.36. The van der Waals surface area contributed by atoms with Crippen molar-refractivity contribution in [3.63, 3.8) is 0 Å². The fourth-order valence-electron chi connectivity index (χ4n) is 4.38. The maximum atomic E-state index is 5.81. The molecule has 0 bridgehead atoms. The molecule has 4 saturated heterocycles. The van der Waals surface area contributed by atoms with Crippen LogP contribution in [0.5, 0.6) is 0 Å². The first-order valence-electron chi connectivity index (χ1n) is 9.78. The molecule has 5 unspecified atom stereocenters.